The van der Waals surface area contributed by atoms with Crippen molar-refractivity contribution in [2.75, 3.05) is 6.61 Å². The van der Waals surface area contributed by atoms with Crippen LogP contribution < -0.4 is 4.74 Å². The van der Waals surface area contributed by atoms with Crippen LogP contribution in [0.1, 0.15) is 21.9 Å². The molecule has 5 heteroatoms. The highest BCUT2D eigenvalue weighted by Crippen LogP contribution is 2.49. The monoisotopic (exact) mass is 450 g/mol. The van der Waals surface area contributed by atoms with Gasteiger partial charge < -0.3 is 4.74 Å². The number of hydrogen-bond donors (Lipinski definition) is 0. The second-order valence-corrected chi connectivity index (χ2v) is 8.87. The van der Waals surface area contributed by atoms with Gasteiger partial charge in [-0.1, -0.05) is 34.1 Å². The van der Waals surface area contributed by atoms with Crippen LogP contribution in [0.3, 0.4) is 0 Å². The molecule has 0 N–H and O–H groups in total. The molecule has 0 radical (unpaired) electrons. The Hall–Kier alpha value is 0.160. The van der Waals surface area contributed by atoms with Crippen LogP contribution in [0, 0.1) is 0 Å². The summed E-state index contributed by atoms with van der Waals surface area (Å²) in [4.78, 5) is 0.262. The van der Waals surface area contributed by atoms with Gasteiger partial charge >= 0.3 is 0 Å². The van der Waals surface area contributed by atoms with Crippen LogP contribution >= 0.6 is 59.1 Å². The smallest absolute Gasteiger partial charge is 0.122 e. The number of thiophene rings is 1. The van der Waals surface area contributed by atoms with Crippen LogP contribution in [0.4, 0.5) is 0 Å². The summed E-state index contributed by atoms with van der Waals surface area (Å²) in [6.45, 7) is 0.731. The van der Waals surface area contributed by atoms with Gasteiger partial charge in [0.2, 0.25) is 0 Å². The van der Waals surface area contributed by atoms with Crippen LogP contribution in [0.2, 0.25) is 0 Å². The molecule has 18 heavy (non-hydrogen) atoms. The second-order valence-electron chi connectivity index (χ2n) is 4.14. The van der Waals surface area contributed by atoms with Crippen LogP contribution in [0.5, 0.6) is 5.75 Å². The summed E-state index contributed by atoms with van der Waals surface area (Å²) in [5.74, 6) is 1.37. The lowest BCUT2D eigenvalue weighted by Gasteiger charge is -2.16. The Kier molecular flexibility index (Phi) is 3.85. The van der Waals surface area contributed by atoms with Gasteiger partial charge in [0, 0.05) is 11.5 Å². The third-order valence-electron chi connectivity index (χ3n) is 3.07. The van der Waals surface area contributed by atoms with E-state index in [1.807, 2.05) is 12.1 Å². The summed E-state index contributed by atoms with van der Waals surface area (Å²) in [5.41, 5.74) is 2.56. The van der Waals surface area contributed by atoms with E-state index in [0.717, 1.165) is 16.1 Å². The van der Waals surface area contributed by atoms with Gasteiger partial charge in [-0.05, 0) is 49.6 Å². The van der Waals surface area contributed by atoms with Gasteiger partial charge in [-0.3, -0.25) is 0 Å². The number of alkyl halides is 1. The molecular weight excluding hydrogens is 444 g/mol. The molecule has 2 heterocycles. The highest BCUT2D eigenvalue weighted by molar-refractivity contribution is 9.12. The molecule has 1 aromatic heterocycles. The molecule has 0 spiro atoms. The quantitative estimate of drug-likeness (QED) is 0.516. The molecule has 2 aromatic rings. The summed E-state index contributed by atoms with van der Waals surface area (Å²) in [6.07, 6.45) is 0. The number of para-hydroxylation sites is 1. The van der Waals surface area contributed by atoms with E-state index in [4.69, 9.17) is 4.74 Å². The van der Waals surface area contributed by atoms with Crippen LogP contribution in [0.15, 0.2) is 37.9 Å². The molecule has 0 fully saturated rings. The van der Waals surface area contributed by atoms with Crippen LogP contribution in [0.25, 0.3) is 0 Å². The minimum atomic E-state index is 0.262. The van der Waals surface area contributed by atoms with Crippen molar-refractivity contribution in [3.8, 4) is 5.75 Å². The molecule has 94 valence electrons. The van der Waals surface area contributed by atoms with E-state index >= 15 is 0 Å². The van der Waals surface area contributed by atoms with Crippen molar-refractivity contribution >= 4 is 59.1 Å². The zero-order valence-electron chi connectivity index (χ0n) is 9.20. The third-order valence-corrected chi connectivity index (χ3v) is 6.59. The van der Waals surface area contributed by atoms with Gasteiger partial charge in [0.15, 0.2) is 0 Å². The number of rotatable bonds is 2. The molecular formula is C13H9Br3OS. The van der Waals surface area contributed by atoms with E-state index in [1.54, 1.807) is 11.3 Å². The zero-order valence-corrected chi connectivity index (χ0v) is 14.8. The minimum absolute atomic E-state index is 0.262. The summed E-state index contributed by atoms with van der Waals surface area (Å²) < 4.78 is 8.05. The standard InChI is InChI=1S/C13H9Br3OS/c14-11-5-8(13(16)18-11)12(15)9-6-17-10-4-2-1-3-7(9)10/h1-5,9,12H,6H2. The Morgan fingerprint density at radius 1 is 1.28 bits per heavy atom. The van der Waals surface area contributed by atoms with Crippen molar-refractivity contribution in [2.45, 2.75) is 10.7 Å². The Bertz CT molecular complexity index is 581. The first-order valence-corrected chi connectivity index (χ1v) is 8.79. The van der Waals surface area contributed by atoms with E-state index in [9.17, 15) is 0 Å². The highest BCUT2D eigenvalue weighted by atomic mass is 79.9. The van der Waals surface area contributed by atoms with Crippen molar-refractivity contribution in [1.29, 1.82) is 0 Å². The predicted octanol–water partition coefficient (Wildman–Crippen LogP) is 5.89. The van der Waals surface area contributed by atoms with Crippen molar-refractivity contribution in [2.24, 2.45) is 0 Å². The normalized spacial score (nSPS) is 19.4. The Morgan fingerprint density at radius 3 is 2.78 bits per heavy atom. The largest absolute Gasteiger partial charge is 0.493 e. The minimum Gasteiger partial charge on any atom is -0.493 e. The summed E-state index contributed by atoms with van der Waals surface area (Å²) >= 11 is 12.7. The van der Waals surface area contributed by atoms with Crippen molar-refractivity contribution in [3.63, 3.8) is 0 Å². The fourth-order valence-corrected chi connectivity index (χ4v) is 6.37. The first-order chi connectivity index (χ1) is 8.66. The molecule has 0 amide bonds. The van der Waals surface area contributed by atoms with Gasteiger partial charge in [0.05, 0.1) is 19.0 Å². The molecule has 0 aliphatic carbocycles. The molecule has 2 unspecified atom stereocenters. The molecule has 1 nitrogen and oxygen atoms in total. The molecule has 1 aliphatic heterocycles. The predicted molar refractivity (Wildman–Crippen MR) is 86.1 cm³/mol. The molecule has 0 saturated heterocycles. The molecule has 1 aromatic carbocycles. The fraction of sp³-hybridized carbons (Fsp3) is 0.231. The Morgan fingerprint density at radius 2 is 2.06 bits per heavy atom. The van der Waals surface area contributed by atoms with Crippen LogP contribution in [-0.4, -0.2) is 6.61 Å². The van der Waals surface area contributed by atoms with Crippen molar-refractivity contribution < 1.29 is 4.74 Å². The lowest BCUT2D eigenvalue weighted by Crippen LogP contribution is -2.07. The SMILES string of the molecule is Brc1cc(C(Br)C2COc3ccccc32)c(Br)s1. The van der Waals surface area contributed by atoms with Gasteiger partial charge in [-0.25, -0.2) is 0 Å². The van der Waals surface area contributed by atoms with Crippen molar-refractivity contribution in [3.05, 3.63) is 49.0 Å². The van der Waals surface area contributed by atoms with Crippen molar-refractivity contribution in [1.82, 2.24) is 0 Å². The number of hydrogen-bond acceptors (Lipinski definition) is 2. The highest BCUT2D eigenvalue weighted by Gasteiger charge is 2.32. The zero-order chi connectivity index (χ0) is 12.7. The fourth-order valence-electron chi connectivity index (χ4n) is 2.19. The molecule has 0 saturated carbocycles. The Balaban J connectivity index is 1.95. The van der Waals surface area contributed by atoms with Gasteiger partial charge in [-0.15, -0.1) is 11.3 Å². The average molecular weight is 453 g/mol. The molecule has 1 aliphatic rings. The molecule has 2 atom stereocenters. The average Bonchev–Trinajstić information content (AvgIpc) is 2.92. The summed E-state index contributed by atoms with van der Waals surface area (Å²) in [6, 6.07) is 10.4. The Labute approximate surface area is 135 Å². The summed E-state index contributed by atoms with van der Waals surface area (Å²) in [5, 5.41) is 0. The number of fused-ring (bicyclic) bond motifs is 1. The van der Waals surface area contributed by atoms with E-state index < -0.39 is 0 Å². The number of ether oxygens (including phenoxy) is 1. The molecule has 3 rings (SSSR count). The molecule has 0 bridgehead atoms. The first-order valence-electron chi connectivity index (χ1n) is 5.47. The maximum atomic E-state index is 5.75. The number of halogens is 3. The summed E-state index contributed by atoms with van der Waals surface area (Å²) in [7, 11) is 0. The lowest BCUT2D eigenvalue weighted by molar-refractivity contribution is 0.329. The van der Waals surface area contributed by atoms with Crippen LogP contribution in [-0.2, 0) is 0 Å². The maximum Gasteiger partial charge on any atom is 0.122 e. The van der Waals surface area contributed by atoms with E-state index in [-0.39, 0.29) is 4.83 Å². The van der Waals surface area contributed by atoms with E-state index in [2.05, 4.69) is 66.0 Å². The van der Waals surface area contributed by atoms with Gasteiger partial charge in [-0.2, -0.15) is 0 Å². The topological polar surface area (TPSA) is 9.23 Å². The maximum absolute atomic E-state index is 5.75. The van der Waals surface area contributed by atoms with Gasteiger partial charge in [0.1, 0.15) is 5.75 Å². The van der Waals surface area contributed by atoms with E-state index in [0.29, 0.717) is 5.92 Å². The number of benzene rings is 1. The van der Waals surface area contributed by atoms with Gasteiger partial charge in [0.25, 0.3) is 0 Å². The lowest BCUT2D eigenvalue weighted by atomic mass is 9.95. The second kappa shape index (κ2) is 5.27. The van der Waals surface area contributed by atoms with E-state index in [1.165, 1.54) is 14.9 Å². The first kappa shape index (κ1) is 13.2. The third kappa shape index (κ3) is 2.30.